The normalized spacial score (nSPS) is 39.6. The van der Waals surface area contributed by atoms with Gasteiger partial charge in [-0.1, -0.05) is 18.6 Å². The van der Waals surface area contributed by atoms with Crippen LogP contribution in [0.15, 0.2) is 12.2 Å². The lowest BCUT2D eigenvalue weighted by molar-refractivity contribution is -0.151. The van der Waals surface area contributed by atoms with Gasteiger partial charge in [0.15, 0.2) is 0 Å². The molecular weight excluding hydrogens is 334 g/mol. The van der Waals surface area contributed by atoms with Crippen molar-refractivity contribution in [1.29, 1.82) is 0 Å². The number of likely N-dealkylation sites (tertiary alicyclic amines) is 3. The zero-order valence-corrected chi connectivity index (χ0v) is 15.0. The number of hydrogen-bond donors (Lipinski definition) is 1. The van der Waals surface area contributed by atoms with Gasteiger partial charge in [0, 0.05) is 26.2 Å². The summed E-state index contributed by atoms with van der Waals surface area (Å²) in [5.41, 5.74) is -0.618. The van der Waals surface area contributed by atoms with E-state index in [-0.39, 0.29) is 17.9 Å². The summed E-state index contributed by atoms with van der Waals surface area (Å²) in [6, 6.07) is 0. The number of ether oxygens (including phenoxy) is 1. The fourth-order valence-electron chi connectivity index (χ4n) is 5.34. The number of piperidine rings is 1. The maximum absolute atomic E-state index is 13.1. The van der Waals surface area contributed by atoms with Crippen LogP contribution in [0.2, 0.25) is 0 Å². The SMILES string of the molecule is O=C(C1C2C(=O)N(CCN3CCCCC3)C[C@@]23C=C[C@@H]1O3)N1CC(O)C1. The van der Waals surface area contributed by atoms with Gasteiger partial charge in [-0.3, -0.25) is 9.59 Å². The maximum Gasteiger partial charge on any atom is 0.230 e. The van der Waals surface area contributed by atoms with Crippen molar-refractivity contribution in [3.05, 3.63) is 12.2 Å². The Labute approximate surface area is 153 Å². The van der Waals surface area contributed by atoms with Crippen LogP contribution in [-0.2, 0) is 14.3 Å². The zero-order valence-electron chi connectivity index (χ0n) is 15.0. The molecule has 1 N–H and O–H groups in total. The van der Waals surface area contributed by atoms with Gasteiger partial charge in [-0.15, -0.1) is 0 Å². The van der Waals surface area contributed by atoms with Gasteiger partial charge in [0.05, 0.1) is 30.6 Å². The molecule has 0 aromatic carbocycles. The zero-order chi connectivity index (χ0) is 17.9. The molecule has 2 bridgehead atoms. The Bertz CT molecular complexity index is 641. The van der Waals surface area contributed by atoms with Crippen LogP contribution in [0, 0.1) is 11.8 Å². The molecule has 5 rings (SSSR count). The summed E-state index contributed by atoms with van der Waals surface area (Å²) in [5.74, 6) is -0.805. The molecule has 26 heavy (non-hydrogen) atoms. The average molecular weight is 361 g/mol. The minimum absolute atomic E-state index is 0.0391. The van der Waals surface area contributed by atoms with Gasteiger partial charge >= 0.3 is 0 Å². The summed E-state index contributed by atoms with van der Waals surface area (Å²) in [6.45, 7) is 5.16. The van der Waals surface area contributed by atoms with Crippen LogP contribution >= 0.6 is 0 Å². The molecule has 5 heterocycles. The molecule has 0 aromatic rings. The third kappa shape index (κ3) is 2.44. The monoisotopic (exact) mass is 361 g/mol. The molecule has 7 nitrogen and oxygen atoms in total. The summed E-state index contributed by atoms with van der Waals surface area (Å²) in [7, 11) is 0. The molecule has 5 aliphatic heterocycles. The lowest BCUT2D eigenvalue weighted by Crippen LogP contribution is -2.57. The first kappa shape index (κ1) is 16.7. The van der Waals surface area contributed by atoms with Gasteiger partial charge in [-0.25, -0.2) is 0 Å². The van der Waals surface area contributed by atoms with Crippen molar-refractivity contribution in [2.24, 2.45) is 11.8 Å². The van der Waals surface area contributed by atoms with Gasteiger partial charge in [-0.05, 0) is 25.9 Å². The number of β-amino-alcohol motifs (C(OH)–C–C–N with tert-alkyl or cyclic N) is 1. The van der Waals surface area contributed by atoms with E-state index in [1.54, 1.807) is 4.90 Å². The van der Waals surface area contributed by atoms with Crippen LogP contribution < -0.4 is 0 Å². The van der Waals surface area contributed by atoms with Gasteiger partial charge in [-0.2, -0.15) is 0 Å². The minimum atomic E-state index is -0.618. The van der Waals surface area contributed by atoms with E-state index in [1.165, 1.54) is 19.3 Å². The van der Waals surface area contributed by atoms with Crippen molar-refractivity contribution >= 4 is 11.8 Å². The number of aliphatic hydroxyl groups is 1. The molecule has 0 radical (unpaired) electrons. The quantitative estimate of drug-likeness (QED) is 0.681. The smallest absolute Gasteiger partial charge is 0.230 e. The lowest BCUT2D eigenvalue weighted by atomic mass is 9.76. The second-order valence-corrected chi connectivity index (χ2v) is 8.46. The molecule has 0 saturated carbocycles. The second kappa shape index (κ2) is 6.04. The third-order valence-electron chi connectivity index (χ3n) is 6.77. The third-order valence-corrected chi connectivity index (χ3v) is 6.77. The van der Waals surface area contributed by atoms with E-state index in [9.17, 15) is 14.7 Å². The first-order valence-corrected chi connectivity index (χ1v) is 9.93. The Morgan fingerprint density at radius 1 is 1.23 bits per heavy atom. The summed E-state index contributed by atoms with van der Waals surface area (Å²) < 4.78 is 6.16. The number of hydrogen-bond acceptors (Lipinski definition) is 5. The molecule has 0 aliphatic carbocycles. The number of amides is 2. The van der Waals surface area contributed by atoms with Gasteiger partial charge < -0.3 is 24.5 Å². The molecule has 2 unspecified atom stereocenters. The molecule has 0 aromatic heterocycles. The molecule has 5 aliphatic rings. The summed E-state index contributed by atoms with van der Waals surface area (Å²) >= 11 is 0. The fraction of sp³-hybridized carbons (Fsp3) is 0.789. The van der Waals surface area contributed by atoms with Gasteiger partial charge in [0.25, 0.3) is 0 Å². The molecule has 1 spiro atoms. The number of carbonyl (C=O) groups excluding carboxylic acids is 2. The second-order valence-electron chi connectivity index (χ2n) is 8.46. The van der Waals surface area contributed by atoms with Gasteiger partial charge in [0.1, 0.15) is 5.60 Å². The number of fused-ring (bicyclic) bond motifs is 1. The van der Waals surface area contributed by atoms with Crippen molar-refractivity contribution in [2.75, 3.05) is 45.8 Å². The molecule has 142 valence electrons. The van der Waals surface area contributed by atoms with E-state index in [1.807, 2.05) is 17.1 Å². The van der Waals surface area contributed by atoms with E-state index in [4.69, 9.17) is 4.74 Å². The molecule has 4 fully saturated rings. The summed E-state index contributed by atoms with van der Waals surface area (Å²) in [6.07, 6.45) is 7.03. The Balaban J connectivity index is 1.28. The maximum atomic E-state index is 13.1. The summed E-state index contributed by atoms with van der Waals surface area (Å²) in [5, 5.41) is 9.50. The van der Waals surface area contributed by atoms with Crippen LogP contribution in [0.25, 0.3) is 0 Å². The van der Waals surface area contributed by atoms with Crippen LogP contribution in [0.5, 0.6) is 0 Å². The first-order chi connectivity index (χ1) is 12.6. The molecule has 7 heteroatoms. The summed E-state index contributed by atoms with van der Waals surface area (Å²) in [4.78, 5) is 32.0. The van der Waals surface area contributed by atoms with E-state index < -0.39 is 23.5 Å². The largest absolute Gasteiger partial charge is 0.389 e. The highest BCUT2D eigenvalue weighted by Gasteiger charge is 2.67. The van der Waals surface area contributed by atoms with Crippen molar-refractivity contribution in [3.8, 4) is 0 Å². The van der Waals surface area contributed by atoms with Crippen molar-refractivity contribution in [3.63, 3.8) is 0 Å². The Morgan fingerprint density at radius 2 is 2.00 bits per heavy atom. The van der Waals surface area contributed by atoms with E-state index in [2.05, 4.69) is 4.90 Å². The van der Waals surface area contributed by atoms with Crippen molar-refractivity contribution in [1.82, 2.24) is 14.7 Å². The predicted octanol–water partition coefficient (Wildman–Crippen LogP) is -0.543. The Kier molecular flexibility index (Phi) is 3.88. The standard InChI is InChI=1S/C19H27N3O4/c23-13-10-22(11-13)17(24)15-14-4-5-19(26-14)12-21(18(25)16(15)19)9-8-20-6-2-1-3-7-20/h4-5,13-16,23H,1-3,6-12H2/t14-,15?,16?,19-/m0/s1. The van der Waals surface area contributed by atoms with E-state index in [0.29, 0.717) is 26.2 Å². The molecule has 2 amide bonds. The molecule has 4 saturated heterocycles. The highest BCUT2D eigenvalue weighted by Crippen LogP contribution is 2.52. The van der Waals surface area contributed by atoms with Crippen LogP contribution in [0.4, 0.5) is 0 Å². The van der Waals surface area contributed by atoms with Crippen molar-refractivity contribution < 1.29 is 19.4 Å². The number of carbonyl (C=O) groups is 2. The number of aliphatic hydroxyl groups excluding tert-OH is 1. The topological polar surface area (TPSA) is 73.3 Å². The first-order valence-electron chi connectivity index (χ1n) is 9.93. The Hall–Kier alpha value is -1.44. The molecular formula is C19H27N3O4. The van der Waals surface area contributed by atoms with Crippen LogP contribution in [0.3, 0.4) is 0 Å². The Morgan fingerprint density at radius 3 is 2.73 bits per heavy atom. The highest BCUT2D eigenvalue weighted by atomic mass is 16.5. The minimum Gasteiger partial charge on any atom is -0.389 e. The fourth-order valence-corrected chi connectivity index (χ4v) is 5.34. The van der Waals surface area contributed by atoms with E-state index in [0.717, 1.165) is 19.6 Å². The van der Waals surface area contributed by atoms with E-state index >= 15 is 0 Å². The van der Waals surface area contributed by atoms with Crippen LogP contribution in [0.1, 0.15) is 19.3 Å². The number of rotatable bonds is 4. The molecule has 4 atom stereocenters. The van der Waals surface area contributed by atoms with Gasteiger partial charge in [0.2, 0.25) is 11.8 Å². The van der Waals surface area contributed by atoms with Crippen molar-refractivity contribution in [2.45, 2.75) is 37.1 Å². The highest BCUT2D eigenvalue weighted by molar-refractivity contribution is 5.93. The van der Waals surface area contributed by atoms with Crippen LogP contribution in [-0.4, -0.2) is 95.2 Å². The average Bonchev–Trinajstić information content (AvgIpc) is 3.26. The number of nitrogens with zero attached hydrogens (tertiary/aromatic N) is 3. The lowest BCUT2D eigenvalue weighted by Gasteiger charge is -2.39. The predicted molar refractivity (Wildman–Crippen MR) is 93.2 cm³/mol.